The van der Waals surface area contributed by atoms with Gasteiger partial charge in [0.25, 0.3) is 0 Å². The Labute approximate surface area is 138 Å². The Morgan fingerprint density at radius 3 is 2.50 bits per heavy atom. The number of Topliss-reactive ketones (excluding diaryl/α,β-unsaturated/α-hetero) is 1. The Balaban J connectivity index is 1.84. The van der Waals surface area contributed by atoms with Gasteiger partial charge < -0.3 is 4.90 Å². The fraction of sp³-hybridized carbons (Fsp3) is 0.222. The Morgan fingerprint density at radius 2 is 1.86 bits per heavy atom. The maximum atomic E-state index is 11.7. The van der Waals surface area contributed by atoms with E-state index in [2.05, 4.69) is 38.0 Å². The summed E-state index contributed by atoms with van der Waals surface area (Å²) in [6, 6.07) is 16.0. The molecule has 4 heteroatoms. The van der Waals surface area contributed by atoms with Crippen LogP contribution < -0.4 is 4.90 Å². The molecule has 0 aromatic heterocycles. The summed E-state index contributed by atoms with van der Waals surface area (Å²) in [4.78, 5) is 18.5. The van der Waals surface area contributed by atoms with E-state index in [9.17, 15) is 4.79 Å². The van der Waals surface area contributed by atoms with Crippen LogP contribution >= 0.6 is 15.9 Å². The number of hydrogen-bond donors (Lipinski definition) is 0. The third kappa shape index (κ3) is 2.97. The molecular weight excluding hydrogens is 340 g/mol. The van der Waals surface area contributed by atoms with Gasteiger partial charge in [0.15, 0.2) is 5.78 Å². The van der Waals surface area contributed by atoms with Crippen LogP contribution in [0.2, 0.25) is 0 Å². The molecule has 2 aromatic rings. The third-order valence-electron chi connectivity index (χ3n) is 3.83. The number of carbonyl (C=O) groups excluding carboxylic acids is 1. The zero-order valence-electron chi connectivity index (χ0n) is 12.4. The SMILES string of the molecule is CCC(=O)c1ccc(N2CC=NC2c2ccc(Br)cc2)cc1. The minimum Gasteiger partial charge on any atom is -0.341 e. The van der Waals surface area contributed by atoms with E-state index >= 15 is 0 Å². The summed E-state index contributed by atoms with van der Waals surface area (Å²) in [5, 5.41) is 0. The molecule has 0 aliphatic carbocycles. The minimum absolute atomic E-state index is 0.000765. The summed E-state index contributed by atoms with van der Waals surface area (Å²) >= 11 is 3.46. The molecule has 112 valence electrons. The topological polar surface area (TPSA) is 32.7 Å². The normalized spacial score (nSPS) is 17.0. The van der Waals surface area contributed by atoms with Gasteiger partial charge in [0.05, 0.1) is 6.54 Å². The highest BCUT2D eigenvalue weighted by Crippen LogP contribution is 2.31. The molecule has 1 heterocycles. The zero-order chi connectivity index (χ0) is 15.5. The molecule has 0 fully saturated rings. The van der Waals surface area contributed by atoms with Crippen LogP contribution in [0, 0.1) is 0 Å². The molecule has 1 atom stereocenters. The number of hydrogen-bond acceptors (Lipinski definition) is 3. The monoisotopic (exact) mass is 356 g/mol. The summed E-state index contributed by atoms with van der Waals surface area (Å²) in [6.07, 6.45) is 2.48. The van der Waals surface area contributed by atoms with Gasteiger partial charge in [0, 0.05) is 28.4 Å². The van der Waals surface area contributed by atoms with Gasteiger partial charge in [-0.15, -0.1) is 0 Å². The van der Waals surface area contributed by atoms with E-state index < -0.39 is 0 Å². The molecule has 1 aliphatic rings. The van der Waals surface area contributed by atoms with E-state index in [1.807, 2.05) is 49.5 Å². The Bertz CT molecular complexity index is 692. The minimum atomic E-state index is 0.000765. The van der Waals surface area contributed by atoms with Crippen molar-refractivity contribution in [3.63, 3.8) is 0 Å². The average Bonchev–Trinajstić information content (AvgIpc) is 3.04. The van der Waals surface area contributed by atoms with E-state index in [1.165, 1.54) is 0 Å². The van der Waals surface area contributed by atoms with E-state index in [1.54, 1.807) is 0 Å². The van der Waals surface area contributed by atoms with Crippen LogP contribution in [0.15, 0.2) is 58.0 Å². The number of ketones is 1. The van der Waals surface area contributed by atoms with Crippen molar-refractivity contribution in [2.75, 3.05) is 11.4 Å². The van der Waals surface area contributed by atoms with Crippen molar-refractivity contribution < 1.29 is 4.79 Å². The van der Waals surface area contributed by atoms with Crippen molar-refractivity contribution in [3.05, 3.63) is 64.1 Å². The lowest BCUT2D eigenvalue weighted by Gasteiger charge is -2.25. The number of nitrogens with zero attached hydrogens (tertiary/aromatic N) is 2. The fourth-order valence-corrected chi connectivity index (χ4v) is 2.87. The van der Waals surface area contributed by atoms with E-state index in [4.69, 9.17) is 0 Å². The fourth-order valence-electron chi connectivity index (χ4n) is 2.61. The van der Waals surface area contributed by atoms with Crippen LogP contribution in [-0.4, -0.2) is 18.5 Å². The molecule has 0 radical (unpaired) electrons. The van der Waals surface area contributed by atoms with Crippen LogP contribution in [0.25, 0.3) is 0 Å². The summed E-state index contributed by atoms with van der Waals surface area (Å²) in [7, 11) is 0. The van der Waals surface area contributed by atoms with Crippen LogP contribution in [0.5, 0.6) is 0 Å². The Hall–Kier alpha value is -1.94. The molecule has 0 amide bonds. The molecule has 0 bridgehead atoms. The molecule has 0 saturated heterocycles. The molecule has 2 aromatic carbocycles. The first-order valence-corrected chi connectivity index (χ1v) is 8.15. The van der Waals surface area contributed by atoms with Gasteiger partial charge >= 0.3 is 0 Å². The molecule has 1 aliphatic heterocycles. The number of rotatable bonds is 4. The zero-order valence-corrected chi connectivity index (χ0v) is 14.0. The quantitative estimate of drug-likeness (QED) is 0.748. The highest BCUT2D eigenvalue weighted by Gasteiger charge is 2.23. The lowest BCUT2D eigenvalue weighted by Crippen LogP contribution is -2.23. The maximum Gasteiger partial charge on any atom is 0.162 e. The van der Waals surface area contributed by atoms with Crippen molar-refractivity contribution in [2.24, 2.45) is 4.99 Å². The molecule has 0 spiro atoms. The van der Waals surface area contributed by atoms with Crippen LogP contribution in [0.3, 0.4) is 0 Å². The average molecular weight is 357 g/mol. The molecular formula is C18H17BrN2O. The van der Waals surface area contributed by atoms with Gasteiger partial charge in [-0.05, 0) is 42.0 Å². The summed E-state index contributed by atoms with van der Waals surface area (Å²) in [6.45, 7) is 2.66. The second kappa shape index (κ2) is 6.44. The number of anilines is 1. The first-order chi connectivity index (χ1) is 10.7. The molecule has 0 saturated carbocycles. The number of benzene rings is 2. The van der Waals surface area contributed by atoms with Gasteiger partial charge in [-0.2, -0.15) is 0 Å². The van der Waals surface area contributed by atoms with E-state index in [0.717, 1.165) is 27.8 Å². The second-order valence-electron chi connectivity index (χ2n) is 5.23. The predicted molar refractivity (Wildman–Crippen MR) is 93.8 cm³/mol. The maximum absolute atomic E-state index is 11.7. The molecule has 3 rings (SSSR count). The van der Waals surface area contributed by atoms with Gasteiger partial charge in [-0.3, -0.25) is 9.79 Å². The molecule has 1 unspecified atom stereocenters. The van der Waals surface area contributed by atoms with E-state index in [0.29, 0.717) is 6.42 Å². The first-order valence-electron chi connectivity index (χ1n) is 7.36. The molecule has 3 nitrogen and oxygen atoms in total. The van der Waals surface area contributed by atoms with Gasteiger partial charge in [-0.1, -0.05) is 35.0 Å². The Morgan fingerprint density at radius 1 is 1.18 bits per heavy atom. The highest BCUT2D eigenvalue weighted by molar-refractivity contribution is 9.10. The van der Waals surface area contributed by atoms with Crippen LogP contribution in [0.1, 0.15) is 35.4 Å². The molecule has 0 N–H and O–H groups in total. The second-order valence-corrected chi connectivity index (χ2v) is 6.15. The predicted octanol–water partition coefficient (Wildman–Crippen LogP) is 4.63. The van der Waals surface area contributed by atoms with Crippen molar-refractivity contribution in [2.45, 2.75) is 19.5 Å². The first kappa shape index (κ1) is 15.0. The smallest absolute Gasteiger partial charge is 0.162 e. The lowest BCUT2D eigenvalue weighted by atomic mass is 10.1. The van der Waals surface area contributed by atoms with Gasteiger partial charge in [0.1, 0.15) is 6.17 Å². The van der Waals surface area contributed by atoms with Crippen molar-refractivity contribution in [1.29, 1.82) is 0 Å². The number of halogens is 1. The van der Waals surface area contributed by atoms with Gasteiger partial charge in [0.2, 0.25) is 0 Å². The summed E-state index contributed by atoms with van der Waals surface area (Å²) in [5.41, 5.74) is 3.01. The summed E-state index contributed by atoms with van der Waals surface area (Å²) in [5.74, 6) is 0.175. The van der Waals surface area contributed by atoms with E-state index in [-0.39, 0.29) is 11.9 Å². The standard InChI is InChI=1S/C18H17BrN2O/c1-2-17(22)13-5-9-16(10-6-13)21-12-11-20-18(21)14-3-7-15(19)8-4-14/h3-11,18H,2,12H2,1H3. The van der Waals surface area contributed by atoms with Crippen LogP contribution in [0.4, 0.5) is 5.69 Å². The largest absolute Gasteiger partial charge is 0.341 e. The third-order valence-corrected chi connectivity index (χ3v) is 4.36. The Kier molecular flexibility index (Phi) is 4.39. The van der Waals surface area contributed by atoms with Crippen molar-refractivity contribution >= 4 is 33.6 Å². The van der Waals surface area contributed by atoms with Crippen molar-refractivity contribution in [1.82, 2.24) is 0 Å². The van der Waals surface area contributed by atoms with Crippen LogP contribution in [-0.2, 0) is 0 Å². The number of carbonyl (C=O) groups is 1. The number of aliphatic imine (C=N–C) groups is 1. The lowest BCUT2D eigenvalue weighted by molar-refractivity contribution is 0.0988. The van der Waals surface area contributed by atoms with Gasteiger partial charge in [-0.25, -0.2) is 0 Å². The van der Waals surface area contributed by atoms with Crippen molar-refractivity contribution in [3.8, 4) is 0 Å². The molecule has 22 heavy (non-hydrogen) atoms. The summed E-state index contributed by atoms with van der Waals surface area (Å²) < 4.78 is 1.06. The highest BCUT2D eigenvalue weighted by atomic mass is 79.9.